The van der Waals surface area contributed by atoms with Crippen LogP contribution in [0.5, 0.6) is 0 Å². The molecule has 1 aromatic rings. The van der Waals surface area contributed by atoms with Gasteiger partial charge in [-0.25, -0.2) is 9.18 Å². The number of hydrogen-bond donors (Lipinski definition) is 2. The van der Waals surface area contributed by atoms with Gasteiger partial charge in [0.1, 0.15) is 17.7 Å². The predicted molar refractivity (Wildman–Crippen MR) is 111 cm³/mol. The number of ether oxygens (including phenoxy) is 1. The van der Waals surface area contributed by atoms with Crippen molar-refractivity contribution in [2.75, 3.05) is 24.1 Å². The van der Waals surface area contributed by atoms with Gasteiger partial charge in [0.25, 0.3) is 0 Å². The van der Waals surface area contributed by atoms with Gasteiger partial charge in [0.2, 0.25) is 0 Å². The smallest absolute Gasteiger partial charge is 0.410 e. The monoisotopic (exact) mass is 415 g/mol. The Morgan fingerprint density at radius 3 is 2.63 bits per heavy atom. The van der Waals surface area contributed by atoms with Gasteiger partial charge in [-0.2, -0.15) is 0 Å². The Kier molecular flexibility index (Phi) is 4.67. The number of nitrogens with zero attached hydrogens (tertiary/aromatic N) is 1. The Balaban J connectivity index is 1.19. The molecule has 2 unspecified atom stereocenters. The van der Waals surface area contributed by atoms with Crippen LogP contribution in [0.15, 0.2) is 18.2 Å². The number of anilines is 2. The molecule has 4 saturated carbocycles. The second kappa shape index (κ2) is 7.13. The number of nitrogens with two attached hydrogens (primary N) is 1. The number of nitrogens with one attached hydrogen (secondary N) is 1. The highest BCUT2D eigenvalue weighted by Crippen LogP contribution is 2.61. The number of hydrogen-bond acceptors (Lipinski definition) is 5. The van der Waals surface area contributed by atoms with Crippen molar-refractivity contribution in [2.45, 2.75) is 57.6 Å². The van der Waals surface area contributed by atoms with Crippen LogP contribution in [0.3, 0.4) is 0 Å². The summed E-state index contributed by atoms with van der Waals surface area (Å²) in [6.07, 6.45) is 5.43. The number of nitrogen functional groups attached to an aromatic ring is 1. The molecule has 4 bridgehead atoms. The first-order chi connectivity index (χ1) is 14.3. The normalized spacial score (nSPS) is 36.7. The number of likely N-dealkylation sites (tertiary alicyclic amines) is 1. The number of amides is 1. The van der Waals surface area contributed by atoms with Crippen molar-refractivity contribution in [1.82, 2.24) is 4.90 Å². The van der Waals surface area contributed by atoms with Crippen LogP contribution in [0.4, 0.5) is 20.6 Å². The molecule has 3 N–H and O–H groups in total. The minimum absolute atomic E-state index is 0.0544. The molecule has 1 aliphatic heterocycles. The van der Waals surface area contributed by atoms with Gasteiger partial charge < -0.3 is 20.7 Å². The predicted octanol–water partition coefficient (Wildman–Crippen LogP) is 3.81. The van der Waals surface area contributed by atoms with Gasteiger partial charge in [-0.1, -0.05) is 0 Å². The molecule has 1 saturated heterocycles. The highest BCUT2D eigenvalue weighted by Gasteiger charge is 2.58. The van der Waals surface area contributed by atoms with E-state index in [-0.39, 0.29) is 29.5 Å². The van der Waals surface area contributed by atoms with Crippen molar-refractivity contribution in [2.24, 2.45) is 23.2 Å². The van der Waals surface area contributed by atoms with Gasteiger partial charge in [-0.15, -0.1) is 0 Å². The van der Waals surface area contributed by atoms with E-state index in [0.29, 0.717) is 48.0 Å². The van der Waals surface area contributed by atoms with Crippen molar-refractivity contribution in [3.63, 3.8) is 0 Å². The van der Waals surface area contributed by atoms with Gasteiger partial charge in [0, 0.05) is 24.5 Å². The summed E-state index contributed by atoms with van der Waals surface area (Å²) in [6.45, 7) is 2.90. The van der Waals surface area contributed by atoms with E-state index in [4.69, 9.17) is 10.5 Å². The van der Waals surface area contributed by atoms with Crippen LogP contribution in [0, 0.1) is 29.0 Å². The summed E-state index contributed by atoms with van der Waals surface area (Å²) in [4.78, 5) is 27.0. The summed E-state index contributed by atoms with van der Waals surface area (Å²) in [5, 5.41) is 3.32. The third-order valence-corrected chi connectivity index (χ3v) is 7.99. The van der Waals surface area contributed by atoms with Gasteiger partial charge in [0.15, 0.2) is 0 Å². The van der Waals surface area contributed by atoms with E-state index in [2.05, 4.69) is 5.32 Å². The molecule has 0 aromatic heterocycles. The lowest BCUT2D eigenvalue weighted by Crippen LogP contribution is -2.57. The molecule has 3 atom stereocenters. The van der Waals surface area contributed by atoms with Crippen LogP contribution in [0.2, 0.25) is 0 Å². The molecule has 30 heavy (non-hydrogen) atoms. The van der Waals surface area contributed by atoms with Gasteiger partial charge >= 0.3 is 6.09 Å². The van der Waals surface area contributed by atoms with Crippen LogP contribution in [0.25, 0.3) is 0 Å². The highest BCUT2D eigenvalue weighted by atomic mass is 19.1. The van der Waals surface area contributed by atoms with Crippen molar-refractivity contribution >= 4 is 23.3 Å². The number of carbonyl (C=O) groups is 2. The van der Waals surface area contributed by atoms with E-state index in [9.17, 15) is 14.0 Å². The summed E-state index contributed by atoms with van der Waals surface area (Å²) in [6, 6.07) is 4.36. The van der Waals surface area contributed by atoms with E-state index < -0.39 is 0 Å². The van der Waals surface area contributed by atoms with E-state index in [1.54, 1.807) is 17.9 Å². The van der Waals surface area contributed by atoms with Crippen LogP contribution in [0.1, 0.15) is 45.4 Å². The molecule has 1 aromatic carbocycles. The minimum atomic E-state index is -0.364. The molecule has 1 heterocycles. The fraction of sp³-hybridized carbons (Fsp3) is 0.652. The third-order valence-electron chi connectivity index (χ3n) is 7.99. The topological polar surface area (TPSA) is 84.7 Å². The van der Waals surface area contributed by atoms with E-state index in [1.165, 1.54) is 12.1 Å². The zero-order valence-corrected chi connectivity index (χ0v) is 17.4. The van der Waals surface area contributed by atoms with Crippen LogP contribution < -0.4 is 11.1 Å². The summed E-state index contributed by atoms with van der Waals surface area (Å²) in [7, 11) is 0. The minimum Gasteiger partial charge on any atom is -0.446 e. The van der Waals surface area contributed by atoms with Crippen molar-refractivity contribution < 1.29 is 18.7 Å². The fourth-order valence-corrected chi connectivity index (χ4v) is 6.72. The second-order valence-electron chi connectivity index (χ2n) is 9.96. The molecule has 5 aliphatic rings. The molecule has 6 rings (SSSR count). The molecule has 6 nitrogen and oxygen atoms in total. The van der Waals surface area contributed by atoms with Gasteiger partial charge in [-0.3, -0.25) is 4.79 Å². The molecular weight excluding hydrogens is 385 g/mol. The van der Waals surface area contributed by atoms with E-state index in [0.717, 1.165) is 38.5 Å². The Bertz CT molecular complexity index is 859. The molecule has 1 amide bonds. The van der Waals surface area contributed by atoms with Crippen LogP contribution in [-0.2, 0) is 9.53 Å². The zero-order chi connectivity index (χ0) is 21.0. The molecule has 4 aliphatic carbocycles. The highest BCUT2D eigenvalue weighted by molar-refractivity contribution is 5.83. The number of halogens is 1. The lowest BCUT2D eigenvalue weighted by molar-refractivity contribution is -0.160. The largest absolute Gasteiger partial charge is 0.446 e. The van der Waals surface area contributed by atoms with E-state index >= 15 is 0 Å². The first-order valence-electron chi connectivity index (χ1n) is 11.1. The number of rotatable bonds is 4. The molecule has 0 radical (unpaired) electrons. The van der Waals surface area contributed by atoms with Crippen molar-refractivity contribution in [1.29, 1.82) is 0 Å². The lowest BCUT2D eigenvalue weighted by atomic mass is 9.47. The first-order valence-corrected chi connectivity index (χ1v) is 11.1. The third kappa shape index (κ3) is 3.32. The second-order valence-corrected chi connectivity index (χ2v) is 9.96. The first kappa shape index (κ1) is 19.6. The maximum atomic E-state index is 13.2. The summed E-state index contributed by atoms with van der Waals surface area (Å²) in [5.74, 6) is 1.21. The number of benzene rings is 1. The molecule has 5 fully saturated rings. The maximum absolute atomic E-state index is 13.2. The quantitative estimate of drug-likeness (QED) is 0.731. The maximum Gasteiger partial charge on any atom is 0.410 e. The summed E-state index contributed by atoms with van der Waals surface area (Å²) < 4.78 is 19.3. The van der Waals surface area contributed by atoms with Gasteiger partial charge in [-0.05, 0) is 81.4 Å². The number of ketones is 1. The molecule has 162 valence electrons. The standard InChI is InChI=1S/C23H30FN3O3/c1-13(28)23-9-14-6-15(10-23)21(16(7-14)11-23)30-22(29)27-5-4-18(12-27)26-20-3-2-17(24)8-19(20)25/h2-3,8,14-16,18,21,26H,4-7,9-12,25H2,1H3/t14?,15?,16?,18-,21?,23?/m0/s1. The van der Waals surface area contributed by atoms with Crippen molar-refractivity contribution in [3.8, 4) is 0 Å². The van der Waals surface area contributed by atoms with E-state index in [1.807, 2.05) is 0 Å². The fourth-order valence-electron chi connectivity index (χ4n) is 6.72. The summed E-state index contributed by atoms with van der Waals surface area (Å²) >= 11 is 0. The molecule has 0 spiro atoms. The SMILES string of the molecule is CC(=O)C12CC3CC(C1)C(OC(=O)N1CC[C@H](Nc4ccc(F)cc4N)C1)C(C3)C2. The molecular formula is C23H30FN3O3. The average Bonchev–Trinajstić information content (AvgIpc) is 3.15. The number of Topliss-reactive ketones (excluding diaryl/α,β-unsaturated/α-hetero) is 1. The Hall–Kier alpha value is -2.31. The van der Waals surface area contributed by atoms with Gasteiger partial charge in [0.05, 0.1) is 11.4 Å². The Morgan fingerprint density at radius 2 is 1.97 bits per heavy atom. The summed E-state index contributed by atoms with van der Waals surface area (Å²) in [5.41, 5.74) is 6.78. The Morgan fingerprint density at radius 1 is 1.23 bits per heavy atom. The lowest BCUT2D eigenvalue weighted by Gasteiger charge is -2.58. The number of carbonyl (C=O) groups excluding carboxylic acids is 2. The van der Waals surface area contributed by atoms with Crippen LogP contribution >= 0.6 is 0 Å². The van der Waals surface area contributed by atoms with Crippen molar-refractivity contribution in [3.05, 3.63) is 24.0 Å². The Labute approximate surface area is 176 Å². The average molecular weight is 416 g/mol. The molecule has 7 heteroatoms. The zero-order valence-electron chi connectivity index (χ0n) is 17.4. The van der Waals surface area contributed by atoms with Crippen LogP contribution in [-0.4, -0.2) is 42.0 Å².